The first-order valence-corrected chi connectivity index (χ1v) is 13.1. The molecule has 4 aromatic rings. The van der Waals surface area contributed by atoms with Crippen LogP contribution in [0, 0.1) is 0 Å². The second-order valence-electron chi connectivity index (χ2n) is 9.14. The fourth-order valence-electron chi connectivity index (χ4n) is 4.71. The number of hydrogen-bond donors (Lipinski definition) is 2. The number of hydrogen-bond acceptors (Lipinski definition) is 8. The van der Waals surface area contributed by atoms with Crippen LogP contribution in [0.2, 0.25) is 0 Å². The van der Waals surface area contributed by atoms with Crippen LogP contribution in [0.25, 0.3) is 10.2 Å². The van der Waals surface area contributed by atoms with Crippen molar-refractivity contribution in [3.63, 3.8) is 0 Å². The van der Waals surface area contributed by atoms with Gasteiger partial charge in [-0.05, 0) is 29.2 Å². The van der Waals surface area contributed by atoms with Crippen molar-refractivity contribution in [1.82, 2.24) is 14.9 Å². The molecule has 0 radical (unpaired) electrons. The van der Waals surface area contributed by atoms with Gasteiger partial charge in [0, 0.05) is 31.4 Å². The number of urea groups is 1. The minimum Gasteiger partial charge on any atom is -0.497 e. The molecule has 2 aliphatic heterocycles. The average Bonchev–Trinajstić information content (AvgIpc) is 3.30. The quantitative estimate of drug-likeness (QED) is 0.371. The van der Waals surface area contributed by atoms with Crippen molar-refractivity contribution in [2.24, 2.45) is 0 Å². The summed E-state index contributed by atoms with van der Waals surface area (Å²) in [5.74, 6) is 0.760. The molecule has 1 saturated heterocycles. The summed E-state index contributed by atoms with van der Waals surface area (Å²) < 4.78 is 10.9. The number of aromatic nitrogens is 2. The van der Waals surface area contributed by atoms with Gasteiger partial charge >= 0.3 is 6.03 Å². The first-order valence-electron chi connectivity index (χ1n) is 12.3. The van der Waals surface area contributed by atoms with Gasteiger partial charge < -0.3 is 20.1 Å². The van der Waals surface area contributed by atoms with Gasteiger partial charge in [0.05, 0.1) is 37.1 Å². The second kappa shape index (κ2) is 10.0. The molecular weight excluding hydrogens is 503 g/mol. The number of nitrogens with one attached hydrogen (secondary N) is 2. The summed E-state index contributed by atoms with van der Waals surface area (Å²) in [6.07, 6.45) is 1.41. The van der Waals surface area contributed by atoms with Gasteiger partial charge in [-0.3, -0.25) is 9.69 Å². The van der Waals surface area contributed by atoms with E-state index in [1.54, 1.807) is 13.2 Å². The van der Waals surface area contributed by atoms with Crippen LogP contribution in [0.1, 0.15) is 15.2 Å². The molecule has 38 heavy (non-hydrogen) atoms. The number of amides is 3. The summed E-state index contributed by atoms with van der Waals surface area (Å²) >= 11 is 1.22. The van der Waals surface area contributed by atoms with E-state index < -0.39 is 6.03 Å². The number of benzene rings is 2. The van der Waals surface area contributed by atoms with Gasteiger partial charge in [0.25, 0.3) is 5.91 Å². The number of carbonyl (C=O) groups excluding carboxylic acids is 2. The molecule has 2 N–H and O–H groups in total. The Morgan fingerprint density at radius 2 is 1.97 bits per heavy atom. The van der Waals surface area contributed by atoms with Crippen molar-refractivity contribution in [3.05, 3.63) is 59.2 Å². The summed E-state index contributed by atoms with van der Waals surface area (Å²) in [4.78, 5) is 40.2. The molecule has 0 saturated carbocycles. The molecule has 0 atom stereocenters. The van der Waals surface area contributed by atoms with E-state index in [0.717, 1.165) is 38.3 Å². The minimum absolute atomic E-state index is 0.319. The average molecular weight is 528 g/mol. The topological polar surface area (TPSA) is 109 Å². The number of rotatable bonds is 6. The number of ether oxygens (including phenoxy) is 2. The summed E-state index contributed by atoms with van der Waals surface area (Å²) in [5.41, 5.74) is 3.81. The lowest BCUT2D eigenvalue weighted by atomic mass is 9.94. The van der Waals surface area contributed by atoms with E-state index in [2.05, 4.69) is 25.5 Å². The molecular formula is C26H25BN6O4S. The molecule has 4 heterocycles. The van der Waals surface area contributed by atoms with Crippen molar-refractivity contribution >= 4 is 69.7 Å². The molecule has 3 amide bonds. The molecule has 12 heteroatoms. The second-order valence-corrected chi connectivity index (χ2v) is 10.1. The highest BCUT2D eigenvalue weighted by Crippen LogP contribution is 2.45. The van der Waals surface area contributed by atoms with E-state index in [-0.39, 0.29) is 5.91 Å². The molecule has 192 valence electrons. The molecule has 10 nitrogen and oxygen atoms in total. The Bertz CT molecular complexity index is 1540. The molecule has 1 fully saturated rings. The van der Waals surface area contributed by atoms with E-state index in [0.29, 0.717) is 43.7 Å². The van der Waals surface area contributed by atoms with Crippen molar-refractivity contribution in [2.75, 3.05) is 48.9 Å². The Balaban J connectivity index is 1.27. The van der Waals surface area contributed by atoms with Crippen molar-refractivity contribution in [1.29, 1.82) is 0 Å². The molecule has 0 aliphatic carbocycles. The molecule has 0 unspecified atom stereocenters. The van der Waals surface area contributed by atoms with Gasteiger partial charge in [-0.2, -0.15) is 0 Å². The zero-order valence-corrected chi connectivity index (χ0v) is 21.8. The third kappa shape index (κ3) is 4.47. The van der Waals surface area contributed by atoms with Crippen LogP contribution >= 0.6 is 11.3 Å². The maximum absolute atomic E-state index is 13.3. The maximum Gasteiger partial charge on any atom is 0.332 e. The standard InChI is InChI=1S/C26H25BN6O4S/c1-36-19-12-17(6-7-18(19)27)33-23-20-21(31-26(33)35)22(38-25(20)29-14-28-23)24(34)30-16-4-2-15(3-5-16)13-32-8-10-37-11-9-32/h2-7,12,14H,8-11,13,27H2,1H3,(H,30,34)(H,31,35). The van der Waals surface area contributed by atoms with E-state index in [1.807, 2.05) is 44.2 Å². The summed E-state index contributed by atoms with van der Waals surface area (Å²) in [7, 11) is 3.52. The number of thiophene rings is 1. The van der Waals surface area contributed by atoms with Gasteiger partial charge in [0.15, 0.2) is 5.82 Å². The first kappa shape index (κ1) is 24.3. The van der Waals surface area contributed by atoms with Gasteiger partial charge in [0.1, 0.15) is 29.6 Å². The zero-order chi connectivity index (χ0) is 26.2. The number of methoxy groups -OCH3 is 1. The van der Waals surface area contributed by atoms with Crippen molar-refractivity contribution < 1.29 is 19.1 Å². The zero-order valence-electron chi connectivity index (χ0n) is 21.0. The van der Waals surface area contributed by atoms with Gasteiger partial charge in [-0.15, -0.1) is 11.3 Å². The number of morpholine rings is 1. The Hall–Kier alpha value is -4.00. The molecule has 6 rings (SSSR count). The highest BCUT2D eigenvalue weighted by Gasteiger charge is 2.34. The third-order valence-electron chi connectivity index (χ3n) is 6.69. The molecule has 2 aromatic heterocycles. The van der Waals surface area contributed by atoms with Gasteiger partial charge in [0.2, 0.25) is 0 Å². The molecule has 0 bridgehead atoms. The van der Waals surface area contributed by atoms with Crippen LogP contribution in [0.4, 0.5) is 27.7 Å². The monoisotopic (exact) mass is 528 g/mol. The third-order valence-corrected chi connectivity index (χ3v) is 7.79. The lowest BCUT2D eigenvalue weighted by molar-refractivity contribution is 0.0342. The fourth-order valence-corrected chi connectivity index (χ4v) is 5.70. The smallest absolute Gasteiger partial charge is 0.332 e. The van der Waals surface area contributed by atoms with E-state index in [1.165, 1.54) is 28.1 Å². The molecule has 0 spiro atoms. The predicted molar refractivity (Wildman–Crippen MR) is 150 cm³/mol. The van der Waals surface area contributed by atoms with E-state index >= 15 is 0 Å². The maximum atomic E-state index is 13.3. The summed E-state index contributed by atoms with van der Waals surface area (Å²) in [6, 6.07) is 12.9. The Morgan fingerprint density at radius 3 is 2.74 bits per heavy atom. The number of anilines is 4. The summed E-state index contributed by atoms with van der Waals surface area (Å²) in [6.45, 7) is 4.18. The van der Waals surface area contributed by atoms with E-state index in [4.69, 9.17) is 9.47 Å². The highest BCUT2D eigenvalue weighted by atomic mass is 32.1. The van der Waals surface area contributed by atoms with Crippen LogP contribution in [-0.4, -0.2) is 68.1 Å². The Morgan fingerprint density at radius 1 is 1.18 bits per heavy atom. The van der Waals surface area contributed by atoms with Gasteiger partial charge in [-0.1, -0.05) is 18.2 Å². The predicted octanol–water partition coefficient (Wildman–Crippen LogP) is 2.73. The van der Waals surface area contributed by atoms with Crippen molar-refractivity contribution in [3.8, 4) is 5.75 Å². The SMILES string of the molecule is Bc1ccc(N2C(=O)Nc3c(C(=O)Nc4ccc(CN5CCOCC5)cc4)sc4ncnc2c34)cc1OC. The van der Waals surface area contributed by atoms with Crippen LogP contribution in [-0.2, 0) is 11.3 Å². The number of nitrogens with zero attached hydrogens (tertiary/aromatic N) is 4. The van der Waals surface area contributed by atoms with Crippen LogP contribution < -0.4 is 25.7 Å². The summed E-state index contributed by atoms with van der Waals surface area (Å²) in [5, 5.41) is 6.48. The van der Waals surface area contributed by atoms with Crippen molar-refractivity contribution in [2.45, 2.75) is 6.54 Å². The lowest BCUT2D eigenvalue weighted by Crippen LogP contribution is -2.35. The molecule has 2 aromatic carbocycles. The largest absolute Gasteiger partial charge is 0.497 e. The van der Waals surface area contributed by atoms with Crippen LogP contribution in [0.3, 0.4) is 0 Å². The Kier molecular flexibility index (Phi) is 6.44. The van der Waals surface area contributed by atoms with Crippen LogP contribution in [0.15, 0.2) is 48.8 Å². The first-order chi connectivity index (χ1) is 18.5. The lowest BCUT2D eigenvalue weighted by Gasteiger charge is -2.27. The normalized spacial score (nSPS) is 15.4. The van der Waals surface area contributed by atoms with E-state index in [9.17, 15) is 9.59 Å². The Labute approximate surface area is 224 Å². The molecule has 2 aliphatic rings. The minimum atomic E-state index is -0.414. The number of carbonyl (C=O) groups is 2. The fraction of sp³-hybridized carbons (Fsp3) is 0.231. The van der Waals surface area contributed by atoms with Crippen LogP contribution in [0.5, 0.6) is 5.75 Å². The van der Waals surface area contributed by atoms with Gasteiger partial charge in [-0.25, -0.2) is 19.7 Å². The highest BCUT2D eigenvalue weighted by molar-refractivity contribution is 7.21.